The number of nitrogens with one attached hydrogen (secondary N) is 1. The second-order valence-electron chi connectivity index (χ2n) is 3.23. The van der Waals surface area contributed by atoms with Crippen molar-refractivity contribution < 1.29 is 13.2 Å². The van der Waals surface area contributed by atoms with E-state index in [-0.39, 0.29) is 0 Å². The molecular formula is C10H12N2O3S. The van der Waals surface area contributed by atoms with E-state index >= 15 is 0 Å². The van der Waals surface area contributed by atoms with E-state index in [1.165, 1.54) is 7.11 Å². The molecule has 0 amide bonds. The van der Waals surface area contributed by atoms with E-state index in [9.17, 15) is 8.42 Å². The Bertz CT molecular complexity index is 488. The topological polar surface area (TPSA) is 79.2 Å². The highest BCUT2D eigenvalue weighted by Crippen LogP contribution is 2.17. The molecule has 0 heterocycles. The number of hydrogen-bond donors (Lipinski definition) is 1. The smallest absolute Gasteiger partial charge is 0.210 e. The Morgan fingerprint density at radius 3 is 2.31 bits per heavy atom. The second kappa shape index (κ2) is 4.96. The number of nitriles is 1. The van der Waals surface area contributed by atoms with Crippen LogP contribution in [-0.2, 0) is 10.0 Å². The summed E-state index contributed by atoms with van der Waals surface area (Å²) in [6.07, 6.45) is 1.01. The molecule has 1 rings (SSSR count). The quantitative estimate of drug-likeness (QED) is 0.844. The lowest BCUT2D eigenvalue weighted by atomic mass is 10.1. The third-order valence-electron chi connectivity index (χ3n) is 1.91. The van der Waals surface area contributed by atoms with Gasteiger partial charge in [-0.05, 0) is 17.7 Å². The Labute approximate surface area is 94.7 Å². The van der Waals surface area contributed by atoms with Crippen LogP contribution >= 0.6 is 0 Å². The predicted molar refractivity (Wildman–Crippen MR) is 59.3 cm³/mol. The van der Waals surface area contributed by atoms with E-state index in [1.54, 1.807) is 24.3 Å². The lowest BCUT2D eigenvalue weighted by Crippen LogP contribution is -2.26. The minimum Gasteiger partial charge on any atom is -0.497 e. The van der Waals surface area contributed by atoms with Crippen LogP contribution in [0.4, 0.5) is 0 Å². The van der Waals surface area contributed by atoms with E-state index in [2.05, 4.69) is 4.72 Å². The van der Waals surface area contributed by atoms with Crippen molar-refractivity contribution >= 4 is 10.0 Å². The zero-order valence-electron chi connectivity index (χ0n) is 8.97. The largest absolute Gasteiger partial charge is 0.497 e. The highest BCUT2D eigenvalue weighted by atomic mass is 32.2. The molecule has 5 nitrogen and oxygen atoms in total. The fourth-order valence-corrected chi connectivity index (χ4v) is 1.80. The number of rotatable bonds is 4. The van der Waals surface area contributed by atoms with Gasteiger partial charge in [-0.25, -0.2) is 8.42 Å². The van der Waals surface area contributed by atoms with Crippen molar-refractivity contribution in [1.29, 1.82) is 5.26 Å². The standard InChI is InChI=1S/C10H12N2O3S/c1-15-9-5-3-8(4-6-9)10(7-11)12-16(2,13)14/h3-6,10,12H,1-2H3. The van der Waals surface area contributed by atoms with Gasteiger partial charge in [0.25, 0.3) is 0 Å². The minimum absolute atomic E-state index is 0.578. The number of sulfonamides is 1. The van der Waals surface area contributed by atoms with Crippen molar-refractivity contribution in [3.8, 4) is 11.8 Å². The van der Waals surface area contributed by atoms with Gasteiger partial charge >= 0.3 is 0 Å². The van der Waals surface area contributed by atoms with E-state index in [0.717, 1.165) is 6.26 Å². The van der Waals surface area contributed by atoms with Crippen molar-refractivity contribution in [2.75, 3.05) is 13.4 Å². The van der Waals surface area contributed by atoms with E-state index in [4.69, 9.17) is 10.00 Å². The third-order valence-corrected chi connectivity index (χ3v) is 2.57. The molecule has 1 aromatic rings. The van der Waals surface area contributed by atoms with E-state index in [1.807, 2.05) is 6.07 Å². The van der Waals surface area contributed by atoms with Crippen molar-refractivity contribution in [1.82, 2.24) is 4.72 Å². The SMILES string of the molecule is COc1ccc(C(C#N)NS(C)(=O)=O)cc1. The van der Waals surface area contributed by atoms with Crippen LogP contribution < -0.4 is 9.46 Å². The first-order valence-corrected chi connectivity index (χ1v) is 6.36. The molecular weight excluding hydrogens is 228 g/mol. The summed E-state index contributed by atoms with van der Waals surface area (Å²) < 4.78 is 29.2. The molecule has 1 unspecified atom stereocenters. The molecule has 0 bridgehead atoms. The zero-order chi connectivity index (χ0) is 12.2. The molecule has 1 atom stereocenters. The maximum Gasteiger partial charge on any atom is 0.210 e. The Balaban J connectivity index is 2.93. The van der Waals surface area contributed by atoms with Gasteiger partial charge < -0.3 is 4.74 Å². The first-order chi connectivity index (χ1) is 7.46. The lowest BCUT2D eigenvalue weighted by Gasteiger charge is -2.10. The summed E-state index contributed by atoms with van der Waals surface area (Å²) in [6, 6.07) is 7.64. The third kappa shape index (κ3) is 3.53. The second-order valence-corrected chi connectivity index (χ2v) is 5.01. The summed E-state index contributed by atoms with van der Waals surface area (Å²) in [7, 11) is -1.87. The van der Waals surface area contributed by atoms with E-state index in [0.29, 0.717) is 11.3 Å². The number of methoxy groups -OCH3 is 1. The highest BCUT2D eigenvalue weighted by Gasteiger charge is 2.14. The Hall–Kier alpha value is -1.58. The fraction of sp³-hybridized carbons (Fsp3) is 0.300. The van der Waals surface area contributed by atoms with Crippen LogP contribution in [0.5, 0.6) is 5.75 Å². The van der Waals surface area contributed by atoms with E-state index < -0.39 is 16.1 Å². The molecule has 6 heteroatoms. The molecule has 0 radical (unpaired) electrons. The van der Waals surface area contributed by atoms with Crippen LogP contribution in [0.25, 0.3) is 0 Å². The molecule has 16 heavy (non-hydrogen) atoms. The summed E-state index contributed by atoms with van der Waals surface area (Å²) in [5.41, 5.74) is 0.578. The van der Waals surface area contributed by atoms with Crippen LogP contribution in [0.3, 0.4) is 0 Å². The maximum atomic E-state index is 11.0. The fourth-order valence-electron chi connectivity index (χ4n) is 1.18. The van der Waals surface area contributed by atoms with Gasteiger partial charge in [0, 0.05) is 0 Å². The Morgan fingerprint density at radius 2 is 1.94 bits per heavy atom. The Kier molecular flexibility index (Phi) is 3.88. The molecule has 0 saturated heterocycles. The molecule has 86 valence electrons. The van der Waals surface area contributed by atoms with Crippen molar-refractivity contribution in [2.24, 2.45) is 0 Å². The van der Waals surface area contributed by atoms with Gasteiger partial charge in [0.2, 0.25) is 10.0 Å². The Morgan fingerprint density at radius 1 is 1.38 bits per heavy atom. The minimum atomic E-state index is -3.40. The predicted octanol–water partition coefficient (Wildman–Crippen LogP) is 0.809. The number of benzene rings is 1. The van der Waals surface area contributed by atoms with Crippen molar-refractivity contribution in [3.63, 3.8) is 0 Å². The number of nitrogens with zero attached hydrogens (tertiary/aromatic N) is 1. The molecule has 0 aliphatic carbocycles. The van der Waals surface area contributed by atoms with Crippen LogP contribution in [0.2, 0.25) is 0 Å². The van der Waals surface area contributed by atoms with Gasteiger partial charge in [0.1, 0.15) is 11.8 Å². The molecule has 1 N–H and O–H groups in total. The average Bonchev–Trinajstić information content (AvgIpc) is 2.25. The average molecular weight is 240 g/mol. The maximum absolute atomic E-state index is 11.0. The van der Waals surface area contributed by atoms with Crippen LogP contribution in [0, 0.1) is 11.3 Å². The highest BCUT2D eigenvalue weighted by molar-refractivity contribution is 7.88. The summed E-state index contributed by atoms with van der Waals surface area (Å²) in [6.45, 7) is 0. The first kappa shape index (κ1) is 12.5. The van der Waals surface area contributed by atoms with Crippen molar-refractivity contribution in [2.45, 2.75) is 6.04 Å². The lowest BCUT2D eigenvalue weighted by molar-refractivity contribution is 0.414. The number of ether oxygens (including phenoxy) is 1. The van der Waals surface area contributed by atoms with Gasteiger partial charge in [-0.1, -0.05) is 12.1 Å². The number of hydrogen-bond acceptors (Lipinski definition) is 4. The molecule has 1 aromatic carbocycles. The van der Waals surface area contributed by atoms with Crippen LogP contribution in [0.1, 0.15) is 11.6 Å². The van der Waals surface area contributed by atoms with Crippen molar-refractivity contribution in [3.05, 3.63) is 29.8 Å². The molecule has 0 aromatic heterocycles. The molecule has 0 saturated carbocycles. The molecule has 0 spiro atoms. The molecule has 0 aliphatic heterocycles. The van der Waals surface area contributed by atoms with Gasteiger partial charge in [-0.15, -0.1) is 0 Å². The van der Waals surface area contributed by atoms with Gasteiger partial charge in [0.05, 0.1) is 19.4 Å². The van der Waals surface area contributed by atoms with Crippen LogP contribution in [0.15, 0.2) is 24.3 Å². The summed E-state index contributed by atoms with van der Waals surface area (Å²) in [5, 5.41) is 8.86. The monoisotopic (exact) mass is 240 g/mol. The van der Waals surface area contributed by atoms with Gasteiger partial charge in [-0.2, -0.15) is 9.98 Å². The molecule has 0 aliphatic rings. The zero-order valence-corrected chi connectivity index (χ0v) is 9.78. The molecule has 0 fully saturated rings. The van der Waals surface area contributed by atoms with Gasteiger partial charge in [-0.3, -0.25) is 0 Å². The summed E-state index contributed by atoms with van der Waals surface area (Å²) >= 11 is 0. The first-order valence-electron chi connectivity index (χ1n) is 4.47. The normalized spacial score (nSPS) is 12.8. The van der Waals surface area contributed by atoms with Crippen LogP contribution in [-0.4, -0.2) is 21.8 Å². The summed E-state index contributed by atoms with van der Waals surface area (Å²) in [5.74, 6) is 0.653. The van der Waals surface area contributed by atoms with Gasteiger partial charge in [0.15, 0.2) is 0 Å². The summed E-state index contributed by atoms with van der Waals surface area (Å²) in [4.78, 5) is 0.